The normalized spacial score (nSPS) is 16.6. The topological polar surface area (TPSA) is 159 Å². The third-order valence-electron chi connectivity index (χ3n) is 8.18. The van der Waals surface area contributed by atoms with E-state index in [1.54, 1.807) is 32.4 Å². The predicted octanol–water partition coefficient (Wildman–Crippen LogP) is 6.46. The Labute approximate surface area is 291 Å². The lowest BCUT2D eigenvalue weighted by Crippen LogP contribution is -2.52. The quantitative estimate of drug-likeness (QED) is 0.0381. The first kappa shape index (κ1) is 35.5. The zero-order valence-corrected chi connectivity index (χ0v) is 28.0. The molecule has 1 aliphatic heterocycles. The van der Waals surface area contributed by atoms with E-state index in [0.29, 0.717) is 47.0 Å². The highest BCUT2D eigenvalue weighted by Crippen LogP contribution is 2.44. The first-order valence-corrected chi connectivity index (χ1v) is 16.2. The molecule has 12 heteroatoms. The van der Waals surface area contributed by atoms with Gasteiger partial charge in [-0.2, -0.15) is 0 Å². The minimum Gasteiger partial charge on any atom is -0.494 e. The van der Waals surface area contributed by atoms with Crippen LogP contribution in [0.3, 0.4) is 0 Å². The van der Waals surface area contributed by atoms with Crippen LogP contribution in [0.4, 0.5) is 0 Å². The largest absolute Gasteiger partial charge is 0.494 e. The van der Waals surface area contributed by atoms with Gasteiger partial charge in [0, 0.05) is 42.0 Å². The van der Waals surface area contributed by atoms with Gasteiger partial charge in [0.25, 0.3) is 5.91 Å². The van der Waals surface area contributed by atoms with E-state index in [0.717, 1.165) is 11.1 Å². The summed E-state index contributed by atoms with van der Waals surface area (Å²) in [5.41, 5.74) is 17.3. The average molecular weight is 677 g/mol. The summed E-state index contributed by atoms with van der Waals surface area (Å²) in [7, 11) is 3.13. The minimum absolute atomic E-state index is 0.0378. The van der Waals surface area contributed by atoms with E-state index < -0.39 is 17.6 Å². The fraction of sp³-hybridized carbons (Fsp3) is 0.263. The zero-order valence-electron chi connectivity index (χ0n) is 28.0. The molecule has 258 valence electrons. The molecule has 1 amide bonds. The molecule has 5 rings (SSSR count). The molecule has 1 heterocycles. The van der Waals surface area contributed by atoms with Crippen LogP contribution in [0.15, 0.2) is 113 Å². The van der Waals surface area contributed by atoms with Crippen LogP contribution < -0.4 is 25.1 Å². The zero-order chi connectivity index (χ0) is 35.2. The number of hydrazine groups is 1. The SMILES string of the molecule is COc1cccc(CNNC(=O)[C@@]2(C/C=C/c3ccccc3)N=C(c3ccc(OCCCO)cc3)O[C@H]2c2ccccc2CN=[N+]=[N-])c1OC. The van der Waals surface area contributed by atoms with E-state index in [1.807, 2.05) is 91.0 Å². The molecular formula is C38H40N6O6. The molecule has 4 aromatic carbocycles. The molecule has 12 nitrogen and oxygen atoms in total. The molecule has 4 aromatic rings. The maximum atomic E-state index is 14.6. The number of ether oxygens (including phenoxy) is 4. The van der Waals surface area contributed by atoms with Gasteiger partial charge in [-0.15, -0.1) is 0 Å². The number of para-hydroxylation sites is 1. The first-order valence-electron chi connectivity index (χ1n) is 16.2. The van der Waals surface area contributed by atoms with Gasteiger partial charge in [-0.1, -0.05) is 84.0 Å². The Balaban J connectivity index is 1.54. The van der Waals surface area contributed by atoms with Crippen LogP contribution in [-0.4, -0.2) is 49.9 Å². The number of rotatable bonds is 17. The van der Waals surface area contributed by atoms with Gasteiger partial charge in [0.05, 0.1) is 27.4 Å². The number of methoxy groups -OCH3 is 2. The van der Waals surface area contributed by atoms with Crippen molar-refractivity contribution in [1.29, 1.82) is 0 Å². The standard InChI is InChI=1S/C38H40N6O6/c1-47-33-17-8-15-30(34(33)48-2)26-40-43-37(46)38(22-9-13-27-11-4-3-5-12-27)35(32-16-7-6-14-29(32)25-41-44-39)50-36(42-38)28-18-20-31(21-19-28)49-24-10-23-45/h3-9,11-21,35,40,45H,10,22-26H2,1-2H3,(H,43,46)/b13-9+/t35-,38-/m0/s1. The first-order chi connectivity index (χ1) is 24.5. The molecule has 0 spiro atoms. The summed E-state index contributed by atoms with van der Waals surface area (Å²) in [4.78, 5) is 22.6. The number of aliphatic hydroxyl groups is 1. The third-order valence-corrected chi connectivity index (χ3v) is 8.18. The molecule has 0 unspecified atom stereocenters. The molecule has 1 aliphatic rings. The van der Waals surface area contributed by atoms with Crippen LogP contribution in [0.25, 0.3) is 16.5 Å². The second-order valence-corrected chi connectivity index (χ2v) is 11.4. The van der Waals surface area contributed by atoms with Crippen molar-refractivity contribution < 1.29 is 28.8 Å². The number of carbonyl (C=O) groups excluding carboxylic acids is 1. The van der Waals surface area contributed by atoms with Crippen molar-refractivity contribution in [1.82, 2.24) is 10.9 Å². The molecule has 0 saturated heterocycles. The predicted molar refractivity (Wildman–Crippen MR) is 191 cm³/mol. The number of amides is 1. The fourth-order valence-corrected chi connectivity index (χ4v) is 5.69. The molecule has 0 aliphatic carbocycles. The Morgan fingerprint density at radius 1 is 1.00 bits per heavy atom. The number of aliphatic imine (C=N–C) groups is 1. The van der Waals surface area contributed by atoms with E-state index in [1.165, 1.54) is 0 Å². The van der Waals surface area contributed by atoms with Crippen LogP contribution in [0, 0.1) is 0 Å². The van der Waals surface area contributed by atoms with Gasteiger partial charge in [-0.3, -0.25) is 10.2 Å². The van der Waals surface area contributed by atoms with Gasteiger partial charge in [0.15, 0.2) is 23.1 Å². The van der Waals surface area contributed by atoms with Crippen molar-refractivity contribution in [3.8, 4) is 17.2 Å². The van der Waals surface area contributed by atoms with Gasteiger partial charge in [-0.05, 0) is 52.6 Å². The van der Waals surface area contributed by atoms with E-state index in [2.05, 4.69) is 20.9 Å². The van der Waals surface area contributed by atoms with E-state index in [9.17, 15) is 4.79 Å². The van der Waals surface area contributed by atoms with Gasteiger partial charge in [0.2, 0.25) is 5.90 Å². The highest BCUT2D eigenvalue weighted by Gasteiger charge is 2.53. The summed E-state index contributed by atoms with van der Waals surface area (Å²) in [5, 5.41) is 12.9. The van der Waals surface area contributed by atoms with Crippen molar-refractivity contribution >= 4 is 17.9 Å². The summed E-state index contributed by atoms with van der Waals surface area (Å²) in [6.07, 6.45) is 3.65. The number of nitrogens with one attached hydrogen (secondary N) is 2. The second kappa shape index (κ2) is 17.5. The van der Waals surface area contributed by atoms with Crippen molar-refractivity contribution in [2.45, 2.75) is 37.6 Å². The van der Waals surface area contributed by atoms with Gasteiger partial charge in [-0.25, -0.2) is 10.4 Å². The van der Waals surface area contributed by atoms with Crippen molar-refractivity contribution in [2.24, 2.45) is 10.1 Å². The fourth-order valence-electron chi connectivity index (χ4n) is 5.69. The number of benzene rings is 4. The number of hydrogen-bond donors (Lipinski definition) is 3. The van der Waals surface area contributed by atoms with Gasteiger partial charge < -0.3 is 24.1 Å². The Hall–Kier alpha value is -5.81. The summed E-state index contributed by atoms with van der Waals surface area (Å²) < 4.78 is 23.4. The summed E-state index contributed by atoms with van der Waals surface area (Å²) in [5.74, 6) is 1.59. The van der Waals surface area contributed by atoms with E-state index in [-0.39, 0.29) is 32.0 Å². The molecule has 2 atom stereocenters. The molecule has 0 saturated carbocycles. The number of nitrogens with zero attached hydrogens (tertiary/aromatic N) is 4. The summed E-state index contributed by atoms with van der Waals surface area (Å²) in [6.45, 7) is 0.710. The van der Waals surface area contributed by atoms with Crippen LogP contribution in [0.2, 0.25) is 0 Å². The molecule has 0 aromatic heterocycles. The van der Waals surface area contributed by atoms with Crippen LogP contribution in [0.5, 0.6) is 17.2 Å². The Bertz CT molecular complexity index is 1840. The van der Waals surface area contributed by atoms with Gasteiger partial charge >= 0.3 is 0 Å². The lowest BCUT2D eigenvalue weighted by atomic mass is 9.82. The lowest BCUT2D eigenvalue weighted by molar-refractivity contribution is -0.129. The summed E-state index contributed by atoms with van der Waals surface area (Å²) >= 11 is 0. The van der Waals surface area contributed by atoms with Crippen LogP contribution in [0.1, 0.15) is 46.8 Å². The highest BCUT2D eigenvalue weighted by molar-refractivity contribution is 6.01. The molecule has 3 N–H and O–H groups in total. The average Bonchev–Trinajstić information content (AvgIpc) is 3.55. The number of carbonyl (C=O) groups is 1. The van der Waals surface area contributed by atoms with Crippen LogP contribution in [-0.2, 0) is 22.6 Å². The molecule has 0 bridgehead atoms. The van der Waals surface area contributed by atoms with E-state index in [4.69, 9.17) is 34.6 Å². The smallest absolute Gasteiger partial charge is 0.266 e. The van der Waals surface area contributed by atoms with E-state index >= 15 is 0 Å². The molecule has 0 radical (unpaired) electrons. The third kappa shape index (κ3) is 8.42. The summed E-state index contributed by atoms with van der Waals surface area (Å²) in [6, 6.07) is 29.9. The Morgan fingerprint density at radius 2 is 1.76 bits per heavy atom. The molecule has 0 fully saturated rings. The highest BCUT2D eigenvalue weighted by atomic mass is 16.5. The van der Waals surface area contributed by atoms with Crippen molar-refractivity contribution in [3.63, 3.8) is 0 Å². The number of aliphatic hydroxyl groups excluding tert-OH is 1. The molecular weight excluding hydrogens is 636 g/mol. The number of azide groups is 1. The van der Waals surface area contributed by atoms with Crippen molar-refractivity contribution in [2.75, 3.05) is 27.4 Å². The minimum atomic E-state index is -1.49. The van der Waals surface area contributed by atoms with Crippen molar-refractivity contribution in [3.05, 3.63) is 141 Å². The maximum absolute atomic E-state index is 14.6. The second-order valence-electron chi connectivity index (χ2n) is 11.4. The lowest BCUT2D eigenvalue weighted by Gasteiger charge is -2.31. The van der Waals surface area contributed by atoms with Crippen LogP contribution >= 0.6 is 0 Å². The van der Waals surface area contributed by atoms with Gasteiger partial charge in [0.1, 0.15) is 5.75 Å². The Kier molecular flexibility index (Phi) is 12.5. The molecule has 50 heavy (non-hydrogen) atoms. The maximum Gasteiger partial charge on any atom is 0.266 e. The monoisotopic (exact) mass is 676 g/mol. The number of hydrogen-bond acceptors (Lipinski definition) is 9. The Morgan fingerprint density at radius 3 is 2.50 bits per heavy atom.